The SMILES string of the molecule is Clc1ccc(-c2nnc(-c3ccc4nc(-c5c(Cl)cccc5Cl)[nH]c4c3)o2)cc1. The van der Waals surface area contributed by atoms with E-state index in [9.17, 15) is 0 Å². The molecule has 0 amide bonds. The highest BCUT2D eigenvalue weighted by Gasteiger charge is 2.15. The highest BCUT2D eigenvalue weighted by Crippen LogP contribution is 2.34. The molecule has 2 heterocycles. The number of rotatable bonds is 3. The number of aromatic amines is 1. The van der Waals surface area contributed by atoms with Gasteiger partial charge >= 0.3 is 0 Å². The van der Waals surface area contributed by atoms with Crippen molar-refractivity contribution in [2.45, 2.75) is 0 Å². The predicted molar refractivity (Wildman–Crippen MR) is 115 cm³/mol. The molecule has 142 valence electrons. The van der Waals surface area contributed by atoms with Gasteiger partial charge in [0.2, 0.25) is 11.8 Å². The van der Waals surface area contributed by atoms with E-state index in [2.05, 4.69) is 20.2 Å². The zero-order chi connectivity index (χ0) is 20.0. The number of H-pyrrole nitrogens is 1. The van der Waals surface area contributed by atoms with Crippen LogP contribution in [0.1, 0.15) is 0 Å². The van der Waals surface area contributed by atoms with Crippen LogP contribution in [-0.2, 0) is 0 Å². The Morgan fingerprint density at radius 1 is 0.759 bits per heavy atom. The summed E-state index contributed by atoms with van der Waals surface area (Å²) in [5, 5.41) is 9.99. The van der Waals surface area contributed by atoms with E-state index in [0.717, 1.165) is 22.2 Å². The molecule has 29 heavy (non-hydrogen) atoms. The van der Waals surface area contributed by atoms with Crippen LogP contribution in [0.15, 0.2) is 65.1 Å². The minimum atomic E-state index is 0.406. The summed E-state index contributed by atoms with van der Waals surface area (Å²) >= 11 is 18.5. The van der Waals surface area contributed by atoms with Gasteiger partial charge in [-0.25, -0.2) is 4.98 Å². The van der Waals surface area contributed by atoms with Crippen LogP contribution in [0.4, 0.5) is 0 Å². The minimum Gasteiger partial charge on any atom is -0.416 e. The molecule has 0 saturated heterocycles. The topological polar surface area (TPSA) is 67.6 Å². The van der Waals surface area contributed by atoms with Crippen LogP contribution < -0.4 is 0 Å². The lowest BCUT2D eigenvalue weighted by Crippen LogP contribution is -1.83. The highest BCUT2D eigenvalue weighted by molar-refractivity contribution is 6.39. The molecule has 0 atom stereocenters. The lowest BCUT2D eigenvalue weighted by atomic mass is 10.2. The lowest BCUT2D eigenvalue weighted by molar-refractivity contribution is 0.584. The Bertz CT molecular complexity index is 1320. The third kappa shape index (κ3) is 3.38. The minimum absolute atomic E-state index is 0.406. The molecule has 1 N–H and O–H groups in total. The van der Waals surface area contributed by atoms with Crippen molar-refractivity contribution >= 4 is 45.8 Å². The van der Waals surface area contributed by atoms with Crippen molar-refractivity contribution in [2.75, 3.05) is 0 Å². The molecule has 5 rings (SSSR count). The molecule has 3 aromatic carbocycles. The molecule has 0 radical (unpaired) electrons. The fourth-order valence-corrected chi connectivity index (χ4v) is 3.74. The van der Waals surface area contributed by atoms with E-state index < -0.39 is 0 Å². The fraction of sp³-hybridized carbons (Fsp3) is 0. The highest BCUT2D eigenvalue weighted by atomic mass is 35.5. The standard InChI is InChI=1S/C21H11Cl3N4O/c22-13-7-4-11(5-8-13)20-27-28-21(29-20)12-6-9-16-17(10-12)26-19(25-16)18-14(23)2-1-3-15(18)24/h1-10H,(H,25,26). The Balaban J connectivity index is 1.53. The van der Waals surface area contributed by atoms with Crippen LogP contribution in [0.25, 0.3) is 45.3 Å². The largest absolute Gasteiger partial charge is 0.416 e. The lowest BCUT2D eigenvalue weighted by Gasteiger charge is -2.02. The maximum absolute atomic E-state index is 6.30. The number of hydrogen-bond donors (Lipinski definition) is 1. The van der Waals surface area contributed by atoms with Gasteiger partial charge in [0.25, 0.3) is 0 Å². The summed E-state index contributed by atoms with van der Waals surface area (Å²) < 4.78 is 5.83. The third-order valence-corrected chi connectivity index (χ3v) is 5.33. The normalized spacial score (nSPS) is 11.3. The van der Waals surface area contributed by atoms with Crippen LogP contribution >= 0.6 is 34.8 Å². The van der Waals surface area contributed by atoms with Crippen molar-refractivity contribution in [2.24, 2.45) is 0 Å². The molecule has 8 heteroatoms. The second-order valence-corrected chi connectivity index (χ2v) is 7.58. The molecule has 0 spiro atoms. The Morgan fingerprint density at radius 2 is 1.41 bits per heavy atom. The van der Waals surface area contributed by atoms with Crippen molar-refractivity contribution in [3.63, 3.8) is 0 Å². The van der Waals surface area contributed by atoms with Gasteiger partial charge in [-0.05, 0) is 54.6 Å². The number of nitrogens with one attached hydrogen (secondary N) is 1. The van der Waals surface area contributed by atoms with E-state index >= 15 is 0 Å². The van der Waals surface area contributed by atoms with E-state index in [4.69, 9.17) is 39.2 Å². The Labute approximate surface area is 180 Å². The molecular weight excluding hydrogens is 431 g/mol. The average molecular weight is 442 g/mol. The van der Waals surface area contributed by atoms with Crippen molar-refractivity contribution in [1.29, 1.82) is 0 Å². The Morgan fingerprint density at radius 3 is 2.14 bits per heavy atom. The van der Waals surface area contributed by atoms with Gasteiger partial charge in [0.1, 0.15) is 5.82 Å². The van der Waals surface area contributed by atoms with E-state index in [1.54, 1.807) is 30.3 Å². The molecule has 5 aromatic rings. The first kappa shape index (κ1) is 18.2. The van der Waals surface area contributed by atoms with Crippen LogP contribution in [0.2, 0.25) is 15.1 Å². The average Bonchev–Trinajstić information content (AvgIpc) is 3.35. The van der Waals surface area contributed by atoms with Crippen LogP contribution in [0, 0.1) is 0 Å². The van der Waals surface area contributed by atoms with Gasteiger partial charge in [-0.3, -0.25) is 0 Å². The summed E-state index contributed by atoms with van der Waals surface area (Å²) in [5.74, 6) is 1.42. The van der Waals surface area contributed by atoms with Crippen LogP contribution in [-0.4, -0.2) is 20.2 Å². The summed E-state index contributed by atoms with van der Waals surface area (Å²) in [5.41, 5.74) is 3.81. The predicted octanol–water partition coefficient (Wildman–Crippen LogP) is 6.91. The molecule has 0 bridgehead atoms. The molecule has 0 fully saturated rings. The van der Waals surface area contributed by atoms with Crippen molar-refractivity contribution in [1.82, 2.24) is 20.2 Å². The van der Waals surface area contributed by atoms with E-state index in [1.807, 2.05) is 30.3 Å². The van der Waals surface area contributed by atoms with Gasteiger partial charge in [0.05, 0.1) is 26.6 Å². The Hall–Kier alpha value is -2.86. The summed E-state index contributed by atoms with van der Waals surface area (Å²) in [7, 11) is 0. The number of nitrogens with zero attached hydrogens (tertiary/aromatic N) is 3. The molecule has 0 aliphatic carbocycles. The van der Waals surface area contributed by atoms with Gasteiger partial charge in [0, 0.05) is 16.1 Å². The molecule has 0 aliphatic rings. The second-order valence-electron chi connectivity index (χ2n) is 6.33. The number of imidazole rings is 1. The molecule has 0 saturated carbocycles. The summed E-state index contributed by atoms with van der Waals surface area (Å²) in [6.07, 6.45) is 0. The second kappa shape index (κ2) is 7.19. The molecular formula is C21H11Cl3N4O. The van der Waals surface area contributed by atoms with Gasteiger partial charge in [-0.1, -0.05) is 40.9 Å². The van der Waals surface area contributed by atoms with Crippen molar-refractivity contribution in [3.05, 3.63) is 75.7 Å². The first-order valence-electron chi connectivity index (χ1n) is 8.62. The number of halogens is 3. The molecule has 0 unspecified atom stereocenters. The number of hydrogen-bond acceptors (Lipinski definition) is 4. The van der Waals surface area contributed by atoms with E-state index in [0.29, 0.717) is 38.2 Å². The Kier molecular flexibility index (Phi) is 4.51. The molecule has 5 nitrogen and oxygen atoms in total. The number of fused-ring (bicyclic) bond motifs is 1. The van der Waals surface area contributed by atoms with Gasteiger partial charge < -0.3 is 9.40 Å². The smallest absolute Gasteiger partial charge is 0.248 e. The summed E-state index contributed by atoms with van der Waals surface area (Å²) in [6.45, 7) is 0. The van der Waals surface area contributed by atoms with E-state index in [-0.39, 0.29) is 0 Å². The van der Waals surface area contributed by atoms with Gasteiger partial charge in [-0.2, -0.15) is 0 Å². The van der Waals surface area contributed by atoms with Gasteiger partial charge in [-0.15, -0.1) is 10.2 Å². The van der Waals surface area contributed by atoms with E-state index in [1.165, 1.54) is 0 Å². The quantitative estimate of drug-likeness (QED) is 0.330. The maximum Gasteiger partial charge on any atom is 0.248 e. The molecule has 2 aromatic heterocycles. The number of aromatic nitrogens is 4. The summed E-state index contributed by atoms with van der Waals surface area (Å²) in [4.78, 5) is 7.86. The fourth-order valence-electron chi connectivity index (χ4n) is 3.03. The van der Waals surface area contributed by atoms with Crippen molar-refractivity contribution in [3.8, 4) is 34.3 Å². The van der Waals surface area contributed by atoms with Crippen LogP contribution in [0.3, 0.4) is 0 Å². The zero-order valence-corrected chi connectivity index (χ0v) is 16.9. The first-order valence-corrected chi connectivity index (χ1v) is 9.76. The van der Waals surface area contributed by atoms with Crippen LogP contribution in [0.5, 0.6) is 0 Å². The van der Waals surface area contributed by atoms with Crippen molar-refractivity contribution < 1.29 is 4.42 Å². The zero-order valence-electron chi connectivity index (χ0n) is 14.7. The number of benzene rings is 3. The van der Waals surface area contributed by atoms with Gasteiger partial charge in [0.15, 0.2) is 0 Å². The first-order chi connectivity index (χ1) is 14.1. The third-order valence-electron chi connectivity index (χ3n) is 4.44. The maximum atomic E-state index is 6.30. The monoisotopic (exact) mass is 440 g/mol. The molecule has 0 aliphatic heterocycles. The summed E-state index contributed by atoms with van der Waals surface area (Å²) in [6, 6.07) is 18.2.